The molecule has 0 amide bonds. The molecule has 2 nitrogen and oxygen atoms in total. The minimum atomic E-state index is 0.761. The summed E-state index contributed by atoms with van der Waals surface area (Å²) in [6.45, 7) is 0. The second-order valence-electron chi connectivity index (χ2n) is 3.34. The zero-order valence-electron chi connectivity index (χ0n) is 9.46. The summed E-state index contributed by atoms with van der Waals surface area (Å²) in [5, 5.41) is 1.24. The number of carbonyl (C=O) groups is 1. The lowest BCUT2D eigenvalue weighted by atomic mass is 10.3. The van der Waals surface area contributed by atoms with E-state index in [0.29, 0.717) is 0 Å². The van der Waals surface area contributed by atoms with Gasteiger partial charge in [-0.05, 0) is 24.3 Å². The minimum absolute atomic E-state index is 0.761. The zero-order chi connectivity index (χ0) is 11.8. The summed E-state index contributed by atoms with van der Waals surface area (Å²) in [7, 11) is 4.06. The predicted octanol–water partition coefficient (Wildman–Crippen LogP) is 3.14. The highest BCUT2D eigenvalue weighted by atomic mass is 32.1. The number of nitrogens with zero attached hydrogens (tertiary/aromatic N) is 1. The fraction of sp³-hybridized carbons (Fsp3) is 0.154. The number of anilines is 1. The molecule has 0 radical (unpaired) electrons. The topological polar surface area (TPSA) is 20.3 Å². The van der Waals surface area contributed by atoms with E-state index in [0.717, 1.165) is 6.29 Å². The van der Waals surface area contributed by atoms with Crippen LogP contribution in [0.1, 0.15) is 4.88 Å². The molecule has 0 bridgehead atoms. The molecule has 3 heteroatoms. The van der Waals surface area contributed by atoms with Crippen molar-refractivity contribution in [1.82, 2.24) is 0 Å². The third-order valence-corrected chi connectivity index (χ3v) is 3.06. The van der Waals surface area contributed by atoms with Crippen molar-refractivity contribution < 1.29 is 4.79 Å². The van der Waals surface area contributed by atoms with Gasteiger partial charge in [-0.15, -0.1) is 11.3 Å². The highest BCUT2D eigenvalue weighted by Gasteiger charge is 1.97. The van der Waals surface area contributed by atoms with E-state index in [1.165, 1.54) is 16.0 Å². The molecule has 0 spiro atoms. The summed E-state index contributed by atoms with van der Waals surface area (Å²) in [6, 6.07) is 4.19. The maximum Gasteiger partial charge on any atom is 0.142 e. The normalized spacial score (nSPS) is 11.9. The average molecular weight is 233 g/mol. The molecule has 0 aliphatic rings. The van der Waals surface area contributed by atoms with Gasteiger partial charge in [0.25, 0.3) is 0 Å². The summed E-state index contributed by atoms with van der Waals surface area (Å²) in [6.07, 6.45) is 11.6. The van der Waals surface area contributed by atoms with Crippen LogP contribution in [-0.2, 0) is 4.79 Å². The third-order valence-electron chi connectivity index (χ3n) is 1.84. The van der Waals surface area contributed by atoms with E-state index in [1.807, 2.05) is 38.4 Å². The van der Waals surface area contributed by atoms with Gasteiger partial charge in [0.05, 0.1) is 5.00 Å². The SMILES string of the molecule is CN(C)c1ccc(/C=C/C=C/C=C/C=O)s1. The molecule has 0 atom stereocenters. The second-order valence-corrected chi connectivity index (χ2v) is 4.43. The van der Waals surface area contributed by atoms with Crippen LogP contribution in [0, 0.1) is 0 Å². The lowest BCUT2D eigenvalue weighted by molar-refractivity contribution is -0.104. The van der Waals surface area contributed by atoms with Crippen molar-refractivity contribution in [1.29, 1.82) is 0 Å². The van der Waals surface area contributed by atoms with Crippen LogP contribution in [0.25, 0.3) is 6.08 Å². The largest absolute Gasteiger partial charge is 0.370 e. The molecule has 0 saturated heterocycles. The molecule has 0 fully saturated rings. The fourth-order valence-corrected chi connectivity index (χ4v) is 1.90. The van der Waals surface area contributed by atoms with Crippen LogP contribution in [0.3, 0.4) is 0 Å². The Morgan fingerprint density at radius 2 is 1.75 bits per heavy atom. The predicted molar refractivity (Wildman–Crippen MR) is 72.0 cm³/mol. The Kier molecular flexibility index (Phi) is 5.29. The molecule has 1 aromatic heterocycles. The first-order chi connectivity index (χ1) is 7.74. The number of allylic oxidation sites excluding steroid dienone is 5. The summed E-state index contributed by atoms with van der Waals surface area (Å²) >= 11 is 1.74. The number of aldehydes is 1. The number of rotatable bonds is 5. The van der Waals surface area contributed by atoms with Crippen molar-refractivity contribution in [3.05, 3.63) is 47.4 Å². The quantitative estimate of drug-likeness (QED) is 0.442. The smallest absolute Gasteiger partial charge is 0.142 e. The maximum atomic E-state index is 9.98. The summed E-state index contributed by atoms with van der Waals surface area (Å²) in [5.41, 5.74) is 0. The van der Waals surface area contributed by atoms with E-state index in [-0.39, 0.29) is 0 Å². The van der Waals surface area contributed by atoms with Crippen molar-refractivity contribution in [2.24, 2.45) is 0 Å². The monoisotopic (exact) mass is 233 g/mol. The molecule has 84 valence electrons. The summed E-state index contributed by atoms with van der Waals surface area (Å²) < 4.78 is 0. The number of carbonyl (C=O) groups excluding carboxylic acids is 1. The molecule has 0 aliphatic heterocycles. The minimum Gasteiger partial charge on any atom is -0.370 e. The van der Waals surface area contributed by atoms with Gasteiger partial charge in [-0.3, -0.25) is 4.79 Å². The van der Waals surface area contributed by atoms with Gasteiger partial charge in [-0.1, -0.05) is 24.3 Å². The van der Waals surface area contributed by atoms with Crippen molar-refractivity contribution in [3.63, 3.8) is 0 Å². The van der Waals surface area contributed by atoms with Crippen LogP contribution in [0.2, 0.25) is 0 Å². The number of hydrogen-bond donors (Lipinski definition) is 0. The Hall–Kier alpha value is -1.61. The van der Waals surface area contributed by atoms with Crippen molar-refractivity contribution in [2.45, 2.75) is 0 Å². The molecule has 1 rings (SSSR count). The van der Waals surface area contributed by atoms with E-state index in [1.54, 1.807) is 17.4 Å². The Morgan fingerprint density at radius 3 is 2.38 bits per heavy atom. The molecule has 0 aliphatic carbocycles. The molecule has 0 aromatic carbocycles. The van der Waals surface area contributed by atoms with Gasteiger partial charge < -0.3 is 4.90 Å². The van der Waals surface area contributed by atoms with Crippen molar-refractivity contribution in [2.75, 3.05) is 19.0 Å². The average Bonchev–Trinajstić information content (AvgIpc) is 2.72. The van der Waals surface area contributed by atoms with Crippen LogP contribution in [0.4, 0.5) is 5.00 Å². The molecule has 16 heavy (non-hydrogen) atoms. The van der Waals surface area contributed by atoms with E-state index in [9.17, 15) is 4.79 Å². The number of thiophene rings is 1. The third kappa shape index (κ3) is 4.28. The Balaban J connectivity index is 2.52. The van der Waals surface area contributed by atoms with Crippen LogP contribution in [0.15, 0.2) is 42.5 Å². The van der Waals surface area contributed by atoms with E-state index < -0.39 is 0 Å². The van der Waals surface area contributed by atoms with E-state index in [4.69, 9.17) is 0 Å². The summed E-state index contributed by atoms with van der Waals surface area (Å²) in [4.78, 5) is 13.3. The van der Waals surface area contributed by atoms with Crippen LogP contribution in [0.5, 0.6) is 0 Å². The summed E-state index contributed by atoms with van der Waals surface area (Å²) in [5.74, 6) is 0. The molecule has 0 saturated carbocycles. The van der Waals surface area contributed by atoms with Crippen molar-refractivity contribution >= 4 is 28.7 Å². The number of hydrogen-bond acceptors (Lipinski definition) is 3. The first kappa shape index (κ1) is 12.5. The van der Waals surface area contributed by atoms with E-state index in [2.05, 4.69) is 17.0 Å². The lowest BCUT2D eigenvalue weighted by Gasteiger charge is -2.06. The van der Waals surface area contributed by atoms with Gasteiger partial charge in [-0.2, -0.15) is 0 Å². The standard InChI is InChI=1S/C13H15NOS/c1-14(2)13-10-9-12(16-13)8-6-4-3-5-7-11-15/h3-11H,1-2H3/b4-3+,7-5+,8-6+. The molecule has 1 aromatic rings. The van der Waals surface area contributed by atoms with Crippen LogP contribution >= 0.6 is 11.3 Å². The second kappa shape index (κ2) is 6.80. The van der Waals surface area contributed by atoms with Gasteiger partial charge >= 0.3 is 0 Å². The lowest BCUT2D eigenvalue weighted by Crippen LogP contribution is -2.05. The Labute approximate surface area is 100 Å². The van der Waals surface area contributed by atoms with Gasteiger partial charge in [0.1, 0.15) is 6.29 Å². The van der Waals surface area contributed by atoms with Gasteiger partial charge in [0.2, 0.25) is 0 Å². The van der Waals surface area contributed by atoms with Gasteiger partial charge in [0.15, 0.2) is 0 Å². The highest BCUT2D eigenvalue weighted by Crippen LogP contribution is 2.24. The first-order valence-electron chi connectivity index (χ1n) is 4.96. The molecular formula is C13H15NOS. The van der Waals surface area contributed by atoms with Crippen LogP contribution < -0.4 is 4.90 Å². The van der Waals surface area contributed by atoms with E-state index >= 15 is 0 Å². The fourth-order valence-electron chi connectivity index (χ4n) is 1.06. The highest BCUT2D eigenvalue weighted by molar-refractivity contribution is 7.16. The Morgan fingerprint density at radius 1 is 1.06 bits per heavy atom. The first-order valence-corrected chi connectivity index (χ1v) is 5.78. The molecular weight excluding hydrogens is 218 g/mol. The molecule has 0 unspecified atom stereocenters. The molecule has 0 N–H and O–H groups in total. The van der Waals surface area contributed by atoms with Crippen LogP contribution in [-0.4, -0.2) is 20.4 Å². The molecule has 1 heterocycles. The van der Waals surface area contributed by atoms with Gasteiger partial charge in [0, 0.05) is 19.0 Å². The Bertz CT molecular complexity index is 413. The van der Waals surface area contributed by atoms with Crippen molar-refractivity contribution in [3.8, 4) is 0 Å². The zero-order valence-corrected chi connectivity index (χ0v) is 10.3. The maximum absolute atomic E-state index is 9.98. The van der Waals surface area contributed by atoms with Gasteiger partial charge in [-0.25, -0.2) is 0 Å².